The van der Waals surface area contributed by atoms with Crippen molar-refractivity contribution < 1.29 is 4.79 Å². The van der Waals surface area contributed by atoms with Crippen LogP contribution in [0.25, 0.3) is 0 Å². The van der Waals surface area contributed by atoms with Crippen molar-refractivity contribution in [2.45, 2.75) is 17.7 Å². The van der Waals surface area contributed by atoms with Gasteiger partial charge in [-0.15, -0.1) is 0 Å². The molecular weight excluding hydrogens is 220 g/mol. The van der Waals surface area contributed by atoms with Crippen LogP contribution in [-0.4, -0.2) is 15.7 Å². The van der Waals surface area contributed by atoms with Crippen LogP contribution in [0.15, 0.2) is 47.6 Å². The molecule has 0 aliphatic carbocycles. The van der Waals surface area contributed by atoms with E-state index < -0.39 is 0 Å². The van der Waals surface area contributed by atoms with Gasteiger partial charge in [-0.25, -0.2) is 4.68 Å². The van der Waals surface area contributed by atoms with Crippen LogP contribution < -0.4 is 0 Å². The summed E-state index contributed by atoms with van der Waals surface area (Å²) in [7, 11) is 0. The highest BCUT2D eigenvalue weighted by Crippen LogP contribution is 2.20. The fraction of sp³-hybridized carbons (Fsp3) is 0.167. The van der Waals surface area contributed by atoms with Gasteiger partial charge in [0, 0.05) is 18.9 Å². The largest absolute Gasteiger partial charge is 0.273 e. The third kappa shape index (κ3) is 2.73. The second-order valence-electron chi connectivity index (χ2n) is 3.39. The maximum absolute atomic E-state index is 11.0. The van der Waals surface area contributed by atoms with E-state index in [0.717, 1.165) is 10.8 Å². The molecule has 0 amide bonds. The highest BCUT2D eigenvalue weighted by atomic mass is 32.2. The van der Waals surface area contributed by atoms with Gasteiger partial charge in [0.15, 0.2) is 0 Å². The monoisotopic (exact) mass is 232 g/mol. The first-order chi connectivity index (χ1) is 7.75. The van der Waals surface area contributed by atoms with Crippen molar-refractivity contribution in [2.75, 3.05) is 0 Å². The first-order valence-electron chi connectivity index (χ1n) is 4.99. The van der Waals surface area contributed by atoms with Gasteiger partial charge in [0.1, 0.15) is 5.03 Å². The topological polar surface area (TPSA) is 34.9 Å². The van der Waals surface area contributed by atoms with Crippen molar-refractivity contribution in [3.63, 3.8) is 0 Å². The number of thioether (sulfide) groups is 1. The van der Waals surface area contributed by atoms with Crippen molar-refractivity contribution in [2.24, 2.45) is 0 Å². The zero-order valence-electron chi connectivity index (χ0n) is 8.96. The number of nitrogens with zero attached hydrogens (tertiary/aromatic N) is 2. The predicted octanol–water partition coefficient (Wildman–Crippen LogP) is 2.84. The van der Waals surface area contributed by atoms with E-state index in [9.17, 15) is 4.79 Å². The Morgan fingerprint density at radius 2 is 2.06 bits per heavy atom. The van der Waals surface area contributed by atoms with E-state index in [0.29, 0.717) is 0 Å². The summed E-state index contributed by atoms with van der Waals surface area (Å²) < 4.78 is 1.35. The van der Waals surface area contributed by atoms with Crippen molar-refractivity contribution in [1.29, 1.82) is 0 Å². The van der Waals surface area contributed by atoms with E-state index in [4.69, 9.17) is 0 Å². The second-order valence-corrected chi connectivity index (χ2v) is 4.39. The Morgan fingerprint density at radius 3 is 2.69 bits per heavy atom. The summed E-state index contributed by atoms with van der Waals surface area (Å²) in [6.07, 6.45) is 1.69. The third-order valence-corrected chi connectivity index (χ3v) is 3.11. The predicted molar refractivity (Wildman–Crippen MR) is 64.5 cm³/mol. The molecule has 2 rings (SSSR count). The van der Waals surface area contributed by atoms with Crippen LogP contribution in [0, 0.1) is 0 Å². The number of benzene rings is 1. The molecule has 0 N–H and O–H groups in total. The molecule has 3 nitrogen and oxygen atoms in total. The summed E-state index contributed by atoms with van der Waals surface area (Å²) in [5, 5.41) is 5.03. The Labute approximate surface area is 98.5 Å². The molecule has 1 heterocycles. The zero-order chi connectivity index (χ0) is 11.4. The summed E-state index contributed by atoms with van der Waals surface area (Å²) in [5.74, 6) is 0.807. The lowest BCUT2D eigenvalue weighted by Gasteiger charge is -1.98. The summed E-state index contributed by atoms with van der Waals surface area (Å²) in [4.78, 5) is 11.0. The molecule has 4 heteroatoms. The minimum Gasteiger partial charge on any atom is -0.273 e. The number of hydrogen-bond donors (Lipinski definition) is 0. The molecule has 1 aromatic heterocycles. The van der Waals surface area contributed by atoms with Gasteiger partial charge < -0.3 is 0 Å². The lowest BCUT2D eigenvalue weighted by atomic mass is 10.2. The second kappa shape index (κ2) is 4.99. The van der Waals surface area contributed by atoms with Crippen LogP contribution in [0.1, 0.15) is 17.3 Å². The van der Waals surface area contributed by atoms with Crippen molar-refractivity contribution in [3.05, 3.63) is 48.2 Å². The highest BCUT2D eigenvalue weighted by Gasteiger charge is 2.02. The lowest BCUT2D eigenvalue weighted by Crippen LogP contribution is -2.05. The van der Waals surface area contributed by atoms with E-state index in [1.165, 1.54) is 17.2 Å². The molecule has 2 aromatic rings. The minimum atomic E-state index is -0.0634. The third-order valence-electron chi connectivity index (χ3n) is 2.12. The summed E-state index contributed by atoms with van der Waals surface area (Å²) in [6.45, 7) is 1.50. The molecule has 0 spiro atoms. The molecule has 0 saturated carbocycles. The maximum atomic E-state index is 11.0. The molecule has 0 radical (unpaired) electrons. The quantitative estimate of drug-likeness (QED) is 0.763. The van der Waals surface area contributed by atoms with E-state index in [1.54, 1.807) is 18.0 Å². The number of carbonyl (C=O) groups is 1. The van der Waals surface area contributed by atoms with Gasteiger partial charge >= 0.3 is 0 Å². The summed E-state index contributed by atoms with van der Waals surface area (Å²) in [6, 6.07) is 12.0. The number of carbonyl (C=O) groups excluding carboxylic acids is 1. The minimum absolute atomic E-state index is 0.0634. The maximum Gasteiger partial charge on any atom is 0.243 e. The first-order valence-corrected chi connectivity index (χ1v) is 5.97. The first kappa shape index (κ1) is 11.0. The standard InChI is InChI=1S/C12H12N2OS/c1-10(15)14-8-7-12(13-14)16-9-11-5-3-2-4-6-11/h2-8H,9H2,1H3. The smallest absolute Gasteiger partial charge is 0.243 e. The van der Waals surface area contributed by atoms with Crippen molar-refractivity contribution in [3.8, 4) is 0 Å². The Hall–Kier alpha value is -1.55. The molecule has 0 atom stereocenters. The van der Waals surface area contributed by atoms with Gasteiger partial charge in [-0.05, 0) is 11.6 Å². The Balaban J connectivity index is 1.97. The van der Waals surface area contributed by atoms with Crippen LogP contribution in [-0.2, 0) is 5.75 Å². The average Bonchev–Trinajstić information content (AvgIpc) is 2.76. The molecular formula is C12H12N2OS. The molecule has 0 aliphatic heterocycles. The van der Waals surface area contributed by atoms with E-state index in [2.05, 4.69) is 17.2 Å². The van der Waals surface area contributed by atoms with Crippen molar-refractivity contribution in [1.82, 2.24) is 9.78 Å². The Bertz CT molecular complexity index is 479. The fourth-order valence-corrected chi connectivity index (χ4v) is 2.10. The number of rotatable bonds is 3. The Kier molecular flexibility index (Phi) is 3.41. The van der Waals surface area contributed by atoms with Crippen LogP contribution >= 0.6 is 11.8 Å². The van der Waals surface area contributed by atoms with Gasteiger partial charge in [-0.2, -0.15) is 5.10 Å². The van der Waals surface area contributed by atoms with Crippen molar-refractivity contribution >= 4 is 17.7 Å². The highest BCUT2D eigenvalue weighted by molar-refractivity contribution is 7.98. The number of aromatic nitrogens is 2. The molecule has 0 aliphatic rings. The zero-order valence-corrected chi connectivity index (χ0v) is 9.78. The fourth-order valence-electron chi connectivity index (χ4n) is 1.29. The van der Waals surface area contributed by atoms with E-state index in [1.807, 2.05) is 24.3 Å². The van der Waals surface area contributed by atoms with E-state index in [-0.39, 0.29) is 5.91 Å². The molecule has 0 fully saturated rings. The molecule has 16 heavy (non-hydrogen) atoms. The molecule has 0 bridgehead atoms. The molecule has 0 unspecified atom stereocenters. The van der Waals surface area contributed by atoms with Crippen LogP contribution in [0.5, 0.6) is 0 Å². The van der Waals surface area contributed by atoms with Gasteiger partial charge in [0.05, 0.1) is 0 Å². The average molecular weight is 232 g/mol. The van der Waals surface area contributed by atoms with Crippen LogP contribution in [0.4, 0.5) is 0 Å². The van der Waals surface area contributed by atoms with Crippen LogP contribution in [0.3, 0.4) is 0 Å². The van der Waals surface area contributed by atoms with Gasteiger partial charge in [-0.3, -0.25) is 4.79 Å². The molecule has 1 aromatic carbocycles. The normalized spacial score (nSPS) is 10.3. The van der Waals surface area contributed by atoms with E-state index >= 15 is 0 Å². The van der Waals surface area contributed by atoms with Gasteiger partial charge in [-0.1, -0.05) is 42.1 Å². The summed E-state index contributed by atoms with van der Waals surface area (Å²) in [5.41, 5.74) is 1.25. The SMILES string of the molecule is CC(=O)n1ccc(SCc2ccccc2)n1. The molecule has 82 valence electrons. The number of hydrogen-bond acceptors (Lipinski definition) is 3. The Morgan fingerprint density at radius 1 is 1.31 bits per heavy atom. The van der Waals surface area contributed by atoms with Gasteiger partial charge in [0.2, 0.25) is 5.91 Å². The van der Waals surface area contributed by atoms with Gasteiger partial charge in [0.25, 0.3) is 0 Å². The summed E-state index contributed by atoms with van der Waals surface area (Å²) >= 11 is 1.63. The lowest BCUT2D eigenvalue weighted by molar-refractivity contribution is 0.0920. The molecule has 0 saturated heterocycles. The van der Waals surface area contributed by atoms with Crippen LogP contribution in [0.2, 0.25) is 0 Å².